The summed E-state index contributed by atoms with van der Waals surface area (Å²) in [7, 11) is -1.02. The molecule has 1 rings (SSSR count). The maximum absolute atomic E-state index is 11.8. The summed E-state index contributed by atoms with van der Waals surface area (Å²) in [5, 5.41) is 9.86. The first-order valence-electron chi connectivity index (χ1n) is 5.03. The van der Waals surface area contributed by atoms with E-state index < -0.39 is 16.9 Å². The van der Waals surface area contributed by atoms with Gasteiger partial charge in [-0.05, 0) is 26.3 Å². The first-order chi connectivity index (χ1) is 6.91. The van der Waals surface area contributed by atoms with E-state index >= 15 is 0 Å². The Morgan fingerprint density at radius 3 is 2.27 bits per heavy atom. The Hall–Kier alpha value is -0.670. The summed E-state index contributed by atoms with van der Waals surface area (Å²) in [4.78, 5) is 0. The smallest absolute Gasteiger partial charge is 0.0905 e. The van der Waals surface area contributed by atoms with Crippen molar-refractivity contribution in [1.29, 1.82) is 0 Å². The van der Waals surface area contributed by atoms with Crippen LogP contribution in [-0.2, 0) is 10.8 Å². The molecule has 2 unspecified atom stereocenters. The van der Waals surface area contributed by atoms with E-state index in [2.05, 4.69) is 0 Å². The first kappa shape index (κ1) is 12.4. The zero-order valence-corrected chi connectivity index (χ0v) is 10.3. The molecule has 3 heteroatoms. The molecule has 2 nitrogen and oxygen atoms in total. The lowest BCUT2D eigenvalue weighted by Crippen LogP contribution is -2.26. The number of aliphatic hydroxyl groups is 1. The third kappa shape index (κ3) is 3.76. The highest BCUT2D eigenvalue weighted by molar-refractivity contribution is 7.86. The van der Waals surface area contributed by atoms with Gasteiger partial charge in [0.2, 0.25) is 0 Å². The lowest BCUT2D eigenvalue weighted by Gasteiger charge is -2.20. The van der Waals surface area contributed by atoms with Crippen molar-refractivity contribution in [2.45, 2.75) is 31.6 Å². The highest BCUT2D eigenvalue weighted by Crippen LogP contribution is 2.19. The van der Waals surface area contributed by atoms with Crippen molar-refractivity contribution >= 4 is 10.8 Å². The van der Waals surface area contributed by atoms with Crippen LogP contribution in [0.3, 0.4) is 0 Å². The molecule has 0 aliphatic carbocycles. The Kier molecular flexibility index (Phi) is 4.05. The monoisotopic (exact) mass is 226 g/mol. The van der Waals surface area contributed by atoms with Gasteiger partial charge in [-0.2, -0.15) is 0 Å². The van der Waals surface area contributed by atoms with Crippen molar-refractivity contribution in [3.63, 3.8) is 0 Å². The maximum Gasteiger partial charge on any atom is 0.0905 e. The minimum absolute atomic E-state index is 0.268. The standard InChI is InChI=1S/C12H18O2S/c1-12(2,3)15(14)9-11(13)10-7-5-4-6-8-10/h4-8,11,13H,9H2,1-3H3. The second-order valence-corrected chi connectivity index (χ2v) is 6.80. The predicted molar refractivity (Wildman–Crippen MR) is 64.2 cm³/mol. The molecule has 0 fully saturated rings. The quantitative estimate of drug-likeness (QED) is 0.858. The molecule has 84 valence electrons. The molecule has 1 aromatic carbocycles. The molecule has 0 heterocycles. The Labute approximate surface area is 93.8 Å². The molecule has 2 atom stereocenters. The van der Waals surface area contributed by atoms with Gasteiger partial charge in [-0.1, -0.05) is 30.3 Å². The Bertz CT molecular complexity index is 327. The molecule has 0 bridgehead atoms. The number of hydrogen-bond acceptors (Lipinski definition) is 2. The normalized spacial score (nSPS) is 16.0. The van der Waals surface area contributed by atoms with E-state index in [1.807, 2.05) is 51.1 Å². The lowest BCUT2D eigenvalue weighted by atomic mass is 10.1. The van der Waals surface area contributed by atoms with Gasteiger partial charge in [0.25, 0.3) is 0 Å². The second kappa shape index (κ2) is 4.90. The Balaban J connectivity index is 2.65. The van der Waals surface area contributed by atoms with Crippen LogP contribution in [-0.4, -0.2) is 19.8 Å². The molecule has 1 aromatic rings. The molecule has 0 spiro atoms. The summed E-state index contributed by atoms with van der Waals surface area (Å²) in [5.74, 6) is 0.299. The van der Waals surface area contributed by atoms with Gasteiger partial charge in [-0.25, -0.2) is 0 Å². The summed E-state index contributed by atoms with van der Waals surface area (Å²) >= 11 is 0. The van der Waals surface area contributed by atoms with Crippen LogP contribution >= 0.6 is 0 Å². The summed E-state index contributed by atoms with van der Waals surface area (Å²) < 4.78 is 11.5. The van der Waals surface area contributed by atoms with Crippen LogP contribution in [0.4, 0.5) is 0 Å². The maximum atomic E-state index is 11.8. The SMILES string of the molecule is CC(C)(C)S(=O)CC(O)c1ccccc1. The first-order valence-corrected chi connectivity index (χ1v) is 6.34. The van der Waals surface area contributed by atoms with E-state index in [0.717, 1.165) is 5.56 Å². The van der Waals surface area contributed by atoms with Crippen LogP contribution in [0.25, 0.3) is 0 Å². The van der Waals surface area contributed by atoms with Crippen LogP contribution < -0.4 is 0 Å². The minimum atomic E-state index is -1.02. The van der Waals surface area contributed by atoms with Gasteiger partial charge in [0.15, 0.2) is 0 Å². The Morgan fingerprint density at radius 1 is 1.27 bits per heavy atom. The van der Waals surface area contributed by atoms with Crippen LogP contribution in [0, 0.1) is 0 Å². The highest BCUT2D eigenvalue weighted by Gasteiger charge is 2.22. The summed E-state index contributed by atoms with van der Waals surface area (Å²) in [6.07, 6.45) is -0.633. The zero-order chi connectivity index (χ0) is 11.5. The van der Waals surface area contributed by atoms with Crippen molar-refractivity contribution in [2.75, 3.05) is 5.75 Å². The van der Waals surface area contributed by atoms with Gasteiger partial charge >= 0.3 is 0 Å². The highest BCUT2D eigenvalue weighted by atomic mass is 32.2. The molecule has 0 aromatic heterocycles. The van der Waals surface area contributed by atoms with E-state index in [1.165, 1.54) is 0 Å². The zero-order valence-electron chi connectivity index (χ0n) is 9.43. The predicted octanol–water partition coefficient (Wildman–Crippen LogP) is 2.27. The largest absolute Gasteiger partial charge is 0.387 e. The van der Waals surface area contributed by atoms with Gasteiger partial charge < -0.3 is 5.11 Å². The number of benzene rings is 1. The molecule has 0 radical (unpaired) electrons. The molecule has 1 N–H and O–H groups in total. The summed E-state index contributed by atoms with van der Waals surface area (Å²) in [5.41, 5.74) is 0.829. The van der Waals surface area contributed by atoms with E-state index in [0.29, 0.717) is 5.75 Å². The molecule has 0 amide bonds. The fraction of sp³-hybridized carbons (Fsp3) is 0.500. The topological polar surface area (TPSA) is 37.3 Å². The van der Waals surface area contributed by atoms with E-state index in [-0.39, 0.29) is 4.75 Å². The molecular formula is C12H18O2S. The third-order valence-corrected chi connectivity index (χ3v) is 4.16. The van der Waals surface area contributed by atoms with Crippen molar-refractivity contribution < 1.29 is 9.32 Å². The number of rotatable bonds is 3. The molecule has 0 aliphatic rings. The molecular weight excluding hydrogens is 208 g/mol. The van der Waals surface area contributed by atoms with Crippen LogP contribution in [0.5, 0.6) is 0 Å². The lowest BCUT2D eigenvalue weighted by molar-refractivity contribution is 0.202. The third-order valence-electron chi connectivity index (χ3n) is 2.18. The van der Waals surface area contributed by atoms with Crippen molar-refractivity contribution in [1.82, 2.24) is 0 Å². The summed E-state index contributed by atoms with van der Waals surface area (Å²) in [6.45, 7) is 5.75. The van der Waals surface area contributed by atoms with Crippen molar-refractivity contribution in [2.24, 2.45) is 0 Å². The van der Waals surface area contributed by atoms with E-state index in [9.17, 15) is 9.32 Å². The van der Waals surface area contributed by atoms with Crippen LogP contribution in [0.2, 0.25) is 0 Å². The Morgan fingerprint density at radius 2 is 1.80 bits per heavy atom. The van der Waals surface area contributed by atoms with Crippen molar-refractivity contribution in [3.05, 3.63) is 35.9 Å². The fourth-order valence-corrected chi connectivity index (χ4v) is 2.14. The van der Waals surface area contributed by atoms with Gasteiger partial charge in [0, 0.05) is 15.5 Å². The molecule has 15 heavy (non-hydrogen) atoms. The average molecular weight is 226 g/mol. The number of aliphatic hydroxyl groups excluding tert-OH is 1. The van der Waals surface area contributed by atoms with E-state index in [4.69, 9.17) is 0 Å². The van der Waals surface area contributed by atoms with Gasteiger partial charge in [-0.3, -0.25) is 4.21 Å². The van der Waals surface area contributed by atoms with Gasteiger partial charge in [-0.15, -0.1) is 0 Å². The van der Waals surface area contributed by atoms with Crippen LogP contribution in [0.1, 0.15) is 32.4 Å². The number of hydrogen-bond donors (Lipinski definition) is 1. The van der Waals surface area contributed by atoms with Crippen molar-refractivity contribution in [3.8, 4) is 0 Å². The second-order valence-electron chi connectivity index (χ2n) is 4.55. The molecule has 0 aliphatic heterocycles. The van der Waals surface area contributed by atoms with Gasteiger partial charge in [0.1, 0.15) is 0 Å². The molecule has 0 saturated heterocycles. The van der Waals surface area contributed by atoms with E-state index in [1.54, 1.807) is 0 Å². The van der Waals surface area contributed by atoms with Crippen LogP contribution in [0.15, 0.2) is 30.3 Å². The fourth-order valence-electron chi connectivity index (χ4n) is 1.16. The minimum Gasteiger partial charge on any atom is -0.387 e. The molecule has 0 saturated carbocycles. The van der Waals surface area contributed by atoms with Gasteiger partial charge in [0.05, 0.1) is 11.9 Å². The average Bonchev–Trinajstić information content (AvgIpc) is 2.17. The summed E-state index contributed by atoms with van der Waals surface area (Å²) in [6, 6.07) is 9.35.